The Morgan fingerprint density at radius 2 is 1.00 bits per heavy atom. The molecule has 4 heteroatoms. The van der Waals surface area contributed by atoms with Gasteiger partial charge in [-0.1, -0.05) is 129 Å². The van der Waals surface area contributed by atoms with Gasteiger partial charge in [0.2, 0.25) is 0 Å². The number of unbranched alkanes of at least 4 members (excludes halogenated alkanes) is 17. The van der Waals surface area contributed by atoms with Crippen molar-refractivity contribution < 1.29 is 20.1 Å². The predicted molar refractivity (Wildman–Crippen MR) is 130 cm³/mol. The first-order chi connectivity index (χ1) is 15.1. The van der Waals surface area contributed by atoms with Crippen LogP contribution in [0.4, 0.5) is 0 Å². The summed E-state index contributed by atoms with van der Waals surface area (Å²) in [6, 6.07) is 0. The summed E-state index contributed by atoms with van der Waals surface area (Å²) in [5.74, 6) is 0.207. The first-order valence-corrected chi connectivity index (χ1v) is 13.7. The second kappa shape index (κ2) is 19.3. The lowest BCUT2D eigenvalue weighted by atomic mass is 9.88. The van der Waals surface area contributed by atoms with Crippen LogP contribution >= 0.6 is 0 Å². The molecule has 3 N–H and O–H groups in total. The molecular formula is C27H54O4. The van der Waals surface area contributed by atoms with Crippen LogP contribution in [0, 0.1) is 5.92 Å². The van der Waals surface area contributed by atoms with Gasteiger partial charge in [-0.05, 0) is 12.3 Å². The summed E-state index contributed by atoms with van der Waals surface area (Å²) in [5.41, 5.74) is 0. The molecule has 5 atom stereocenters. The Bertz CT molecular complexity index is 389. The summed E-state index contributed by atoms with van der Waals surface area (Å²) in [7, 11) is 0. The van der Waals surface area contributed by atoms with E-state index < -0.39 is 18.3 Å². The van der Waals surface area contributed by atoms with Gasteiger partial charge in [0, 0.05) is 0 Å². The van der Waals surface area contributed by atoms with Crippen molar-refractivity contribution in [2.75, 3.05) is 6.61 Å². The van der Waals surface area contributed by atoms with E-state index in [1.54, 1.807) is 0 Å². The standard InChI is InChI=1S/C27H54O4/c1-3-4-5-6-7-8-9-10-11-12-13-14-15-16-17-18-19-20-21-23(2)27-26(30)25(29)24(28)22-31-27/h23-30H,3-22H2,1-2H3/t23?,24-,25+,26-,27?/m1/s1. The van der Waals surface area contributed by atoms with E-state index in [4.69, 9.17) is 4.74 Å². The highest BCUT2D eigenvalue weighted by molar-refractivity contribution is 4.88. The van der Waals surface area contributed by atoms with Crippen LogP contribution in [-0.2, 0) is 4.74 Å². The van der Waals surface area contributed by atoms with E-state index in [1.165, 1.54) is 109 Å². The topological polar surface area (TPSA) is 69.9 Å². The largest absolute Gasteiger partial charge is 0.388 e. The Balaban J connectivity index is 1.81. The van der Waals surface area contributed by atoms with Crippen molar-refractivity contribution in [2.45, 2.75) is 160 Å². The highest BCUT2D eigenvalue weighted by Crippen LogP contribution is 2.25. The summed E-state index contributed by atoms with van der Waals surface area (Å²) in [6.07, 6.45) is 22.5. The van der Waals surface area contributed by atoms with Crippen LogP contribution in [-0.4, -0.2) is 46.3 Å². The van der Waals surface area contributed by atoms with Gasteiger partial charge in [0.05, 0.1) is 12.7 Å². The molecule has 1 saturated heterocycles. The van der Waals surface area contributed by atoms with Crippen molar-refractivity contribution in [3.05, 3.63) is 0 Å². The average molecular weight is 443 g/mol. The molecule has 2 unspecified atom stereocenters. The summed E-state index contributed by atoms with van der Waals surface area (Å²) in [6.45, 7) is 4.48. The van der Waals surface area contributed by atoms with E-state index in [2.05, 4.69) is 13.8 Å². The SMILES string of the molecule is CCCCCCCCCCCCCCCCCCCCC(C)C1OC[C@@H](O)[C@H](O)[C@H]1O. The van der Waals surface area contributed by atoms with E-state index in [0.29, 0.717) is 0 Å². The number of rotatable bonds is 20. The Labute approximate surface area is 193 Å². The second-order valence-corrected chi connectivity index (χ2v) is 10.1. The van der Waals surface area contributed by atoms with E-state index in [1.807, 2.05) is 0 Å². The van der Waals surface area contributed by atoms with Crippen LogP contribution in [0.15, 0.2) is 0 Å². The third-order valence-electron chi connectivity index (χ3n) is 7.11. The summed E-state index contributed by atoms with van der Waals surface area (Å²) in [4.78, 5) is 0. The molecule has 0 radical (unpaired) electrons. The maximum Gasteiger partial charge on any atom is 0.111 e. The lowest BCUT2D eigenvalue weighted by Gasteiger charge is -2.38. The lowest BCUT2D eigenvalue weighted by molar-refractivity contribution is -0.199. The van der Waals surface area contributed by atoms with E-state index in [-0.39, 0.29) is 18.6 Å². The molecule has 4 nitrogen and oxygen atoms in total. The zero-order valence-electron chi connectivity index (χ0n) is 20.8. The van der Waals surface area contributed by atoms with Crippen LogP contribution in [0.2, 0.25) is 0 Å². The Hall–Kier alpha value is -0.160. The maximum atomic E-state index is 10.1. The molecule has 1 heterocycles. The normalized spacial score (nSPS) is 25.1. The molecule has 0 aromatic rings. The molecule has 0 saturated carbocycles. The van der Waals surface area contributed by atoms with Crippen molar-refractivity contribution in [2.24, 2.45) is 5.92 Å². The summed E-state index contributed by atoms with van der Waals surface area (Å²) in [5, 5.41) is 29.5. The maximum absolute atomic E-state index is 10.1. The van der Waals surface area contributed by atoms with Crippen LogP contribution < -0.4 is 0 Å². The first-order valence-electron chi connectivity index (χ1n) is 13.7. The monoisotopic (exact) mass is 442 g/mol. The average Bonchev–Trinajstić information content (AvgIpc) is 2.76. The predicted octanol–water partition coefficient (Wildman–Crippen LogP) is 6.54. The number of ether oxygens (including phenoxy) is 1. The molecule has 0 aliphatic carbocycles. The van der Waals surface area contributed by atoms with Gasteiger partial charge in [-0.3, -0.25) is 0 Å². The second-order valence-electron chi connectivity index (χ2n) is 10.1. The molecule has 1 aliphatic heterocycles. The van der Waals surface area contributed by atoms with Crippen LogP contribution in [0.1, 0.15) is 136 Å². The molecule has 31 heavy (non-hydrogen) atoms. The molecular weight excluding hydrogens is 388 g/mol. The minimum absolute atomic E-state index is 0.117. The van der Waals surface area contributed by atoms with Gasteiger partial charge in [-0.25, -0.2) is 0 Å². The smallest absolute Gasteiger partial charge is 0.111 e. The zero-order chi connectivity index (χ0) is 22.7. The fourth-order valence-electron chi connectivity index (χ4n) is 4.86. The number of aliphatic hydroxyl groups is 3. The molecule has 0 spiro atoms. The number of hydrogen-bond donors (Lipinski definition) is 3. The molecule has 1 aliphatic rings. The van der Waals surface area contributed by atoms with Gasteiger partial charge in [0.1, 0.15) is 18.3 Å². The fraction of sp³-hybridized carbons (Fsp3) is 1.00. The van der Waals surface area contributed by atoms with Gasteiger partial charge in [0.25, 0.3) is 0 Å². The van der Waals surface area contributed by atoms with E-state index in [9.17, 15) is 15.3 Å². The molecule has 1 fully saturated rings. The van der Waals surface area contributed by atoms with Crippen molar-refractivity contribution >= 4 is 0 Å². The van der Waals surface area contributed by atoms with Crippen molar-refractivity contribution in [1.29, 1.82) is 0 Å². The van der Waals surface area contributed by atoms with E-state index in [0.717, 1.165) is 12.8 Å². The summed E-state index contributed by atoms with van der Waals surface area (Å²) < 4.78 is 5.56. The van der Waals surface area contributed by atoms with Crippen LogP contribution in [0.3, 0.4) is 0 Å². The molecule has 0 bridgehead atoms. The van der Waals surface area contributed by atoms with Crippen molar-refractivity contribution in [1.82, 2.24) is 0 Å². The van der Waals surface area contributed by atoms with Gasteiger partial charge in [0.15, 0.2) is 0 Å². The minimum Gasteiger partial charge on any atom is -0.388 e. The Morgan fingerprint density at radius 3 is 1.42 bits per heavy atom. The Morgan fingerprint density at radius 1 is 0.613 bits per heavy atom. The number of hydrogen-bond acceptors (Lipinski definition) is 4. The van der Waals surface area contributed by atoms with Crippen LogP contribution in [0.25, 0.3) is 0 Å². The highest BCUT2D eigenvalue weighted by Gasteiger charge is 2.39. The third kappa shape index (κ3) is 13.9. The first kappa shape index (κ1) is 28.9. The molecule has 0 aromatic heterocycles. The van der Waals surface area contributed by atoms with Gasteiger partial charge >= 0.3 is 0 Å². The van der Waals surface area contributed by atoms with Crippen molar-refractivity contribution in [3.63, 3.8) is 0 Å². The zero-order valence-corrected chi connectivity index (χ0v) is 20.8. The van der Waals surface area contributed by atoms with E-state index >= 15 is 0 Å². The molecule has 1 rings (SSSR count). The molecule has 0 amide bonds. The summed E-state index contributed by atoms with van der Waals surface area (Å²) >= 11 is 0. The molecule has 186 valence electrons. The van der Waals surface area contributed by atoms with Gasteiger partial charge in [-0.2, -0.15) is 0 Å². The van der Waals surface area contributed by atoms with Gasteiger partial charge < -0.3 is 20.1 Å². The number of aliphatic hydroxyl groups excluding tert-OH is 3. The third-order valence-corrected chi connectivity index (χ3v) is 7.11. The highest BCUT2D eigenvalue weighted by atomic mass is 16.5. The molecule has 0 aromatic carbocycles. The fourth-order valence-corrected chi connectivity index (χ4v) is 4.86. The van der Waals surface area contributed by atoms with Crippen LogP contribution in [0.5, 0.6) is 0 Å². The quantitative estimate of drug-likeness (QED) is 0.187. The van der Waals surface area contributed by atoms with Crippen molar-refractivity contribution in [3.8, 4) is 0 Å². The van der Waals surface area contributed by atoms with Gasteiger partial charge in [-0.15, -0.1) is 0 Å². The lowest BCUT2D eigenvalue weighted by Crippen LogP contribution is -2.54. The Kier molecular flexibility index (Phi) is 18.0. The minimum atomic E-state index is -1.08.